The molecule has 0 aromatic rings. The van der Waals surface area contributed by atoms with E-state index in [-0.39, 0.29) is 17.9 Å². The highest BCUT2D eigenvalue weighted by Gasteiger charge is 2.23. The van der Waals surface area contributed by atoms with Crippen molar-refractivity contribution in [2.45, 2.75) is 18.9 Å². The second-order valence-electron chi connectivity index (χ2n) is 4.88. The molecular formula is C13H15BrN4O. The van der Waals surface area contributed by atoms with E-state index in [0.29, 0.717) is 18.9 Å². The minimum Gasteiger partial charge on any atom is -0.354 e. The largest absolute Gasteiger partial charge is 0.354 e. The van der Waals surface area contributed by atoms with Gasteiger partial charge in [-0.15, -0.1) is 0 Å². The monoisotopic (exact) mass is 322 g/mol. The van der Waals surface area contributed by atoms with E-state index in [1.165, 1.54) is 0 Å². The number of aliphatic imine (C=N–C) groups is 2. The lowest BCUT2D eigenvalue weighted by Crippen LogP contribution is -2.48. The van der Waals surface area contributed by atoms with Gasteiger partial charge in [0, 0.05) is 29.4 Å². The van der Waals surface area contributed by atoms with Gasteiger partial charge in [0.1, 0.15) is 0 Å². The number of amides is 1. The molecule has 3 aliphatic rings. The van der Waals surface area contributed by atoms with Crippen molar-refractivity contribution in [1.82, 2.24) is 10.6 Å². The van der Waals surface area contributed by atoms with E-state index in [1.807, 2.05) is 12.2 Å². The number of fused-ring (bicyclic) bond motifs is 1. The van der Waals surface area contributed by atoms with Crippen molar-refractivity contribution in [2.75, 3.05) is 13.1 Å². The molecule has 0 aromatic carbocycles. The zero-order chi connectivity index (χ0) is 13.2. The Balaban J connectivity index is 1.63. The van der Waals surface area contributed by atoms with Crippen molar-refractivity contribution in [3.05, 3.63) is 22.7 Å². The number of rotatable bonds is 1. The number of carbonyl (C=O) groups is 1. The summed E-state index contributed by atoms with van der Waals surface area (Å²) in [7, 11) is 0. The number of carbonyl (C=O) groups excluding carboxylic acids is 1. The molecule has 0 aromatic heterocycles. The summed E-state index contributed by atoms with van der Waals surface area (Å²) in [5.41, 5.74) is 1.04. The Kier molecular flexibility index (Phi) is 3.50. The molecule has 1 saturated heterocycles. The van der Waals surface area contributed by atoms with Crippen molar-refractivity contribution in [3.8, 4) is 0 Å². The van der Waals surface area contributed by atoms with E-state index in [1.54, 1.807) is 0 Å². The predicted octanol–water partition coefficient (Wildman–Crippen LogP) is 1.13. The summed E-state index contributed by atoms with van der Waals surface area (Å²) >= 11 is 3.47. The summed E-state index contributed by atoms with van der Waals surface area (Å²) in [6.07, 6.45) is 7.55. The maximum Gasteiger partial charge on any atom is 0.220 e. The summed E-state index contributed by atoms with van der Waals surface area (Å²) in [6, 6.07) is 0.229. The van der Waals surface area contributed by atoms with Gasteiger partial charge in [0.05, 0.1) is 12.3 Å². The lowest BCUT2D eigenvalue weighted by Gasteiger charge is -2.26. The van der Waals surface area contributed by atoms with Crippen molar-refractivity contribution in [3.63, 3.8) is 0 Å². The van der Waals surface area contributed by atoms with Crippen molar-refractivity contribution >= 4 is 33.5 Å². The standard InChI is InChI=1S/C13H15BrN4O/c14-9-1-3-11-8(5-9)6-16-13(18-11)17-10-2-4-12(19)15-7-10/h1,3,5,8,10H,2,4,6-7H2,(H,15,19)(H,16,17)/t8?,10-/m0/s1. The normalized spacial score (nSPS) is 29.7. The van der Waals surface area contributed by atoms with Crippen LogP contribution in [0.5, 0.6) is 0 Å². The highest BCUT2D eigenvalue weighted by Crippen LogP contribution is 2.21. The molecule has 19 heavy (non-hydrogen) atoms. The number of hydrogen-bond donors (Lipinski definition) is 2. The van der Waals surface area contributed by atoms with Crippen LogP contribution in [0.2, 0.25) is 0 Å². The topological polar surface area (TPSA) is 65.8 Å². The summed E-state index contributed by atoms with van der Waals surface area (Å²) in [5.74, 6) is 1.08. The quantitative estimate of drug-likeness (QED) is 0.760. The van der Waals surface area contributed by atoms with Gasteiger partial charge in [-0.05, 0) is 18.6 Å². The van der Waals surface area contributed by atoms with Gasteiger partial charge in [0.15, 0.2) is 0 Å². The molecule has 1 amide bonds. The van der Waals surface area contributed by atoms with Gasteiger partial charge in [-0.1, -0.05) is 22.0 Å². The Labute approximate surface area is 120 Å². The maximum absolute atomic E-state index is 11.1. The maximum atomic E-state index is 11.1. The molecule has 2 atom stereocenters. The average Bonchev–Trinajstić information content (AvgIpc) is 2.42. The van der Waals surface area contributed by atoms with Gasteiger partial charge in [0.25, 0.3) is 0 Å². The SMILES string of the molecule is O=C1CC[C@H](NC2=NCC3C=C(Br)C=CC3=N2)CN1. The van der Waals surface area contributed by atoms with Crippen LogP contribution in [0.4, 0.5) is 0 Å². The van der Waals surface area contributed by atoms with Gasteiger partial charge in [-0.2, -0.15) is 0 Å². The van der Waals surface area contributed by atoms with E-state index in [4.69, 9.17) is 0 Å². The smallest absolute Gasteiger partial charge is 0.220 e. The Morgan fingerprint density at radius 3 is 3.11 bits per heavy atom. The number of halogens is 1. The lowest BCUT2D eigenvalue weighted by atomic mass is 9.98. The number of hydrogen-bond acceptors (Lipinski definition) is 4. The highest BCUT2D eigenvalue weighted by atomic mass is 79.9. The van der Waals surface area contributed by atoms with E-state index >= 15 is 0 Å². The van der Waals surface area contributed by atoms with E-state index in [9.17, 15) is 4.79 Å². The second-order valence-corrected chi connectivity index (χ2v) is 5.79. The molecule has 0 saturated carbocycles. The molecule has 2 heterocycles. The highest BCUT2D eigenvalue weighted by molar-refractivity contribution is 9.11. The minimum atomic E-state index is 0.125. The van der Waals surface area contributed by atoms with E-state index < -0.39 is 0 Å². The third kappa shape index (κ3) is 2.94. The van der Waals surface area contributed by atoms with Crippen LogP contribution in [-0.4, -0.2) is 36.7 Å². The molecule has 6 heteroatoms. The van der Waals surface area contributed by atoms with Crippen molar-refractivity contribution in [2.24, 2.45) is 15.9 Å². The number of nitrogens with zero attached hydrogens (tertiary/aromatic N) is 2. The van der Waals surface area contributed by atoms with E-state index in [2.05, 4.69) is 42.6 Å². The fourth-order valence-corrected chi connectivity index (χ4v) is 2.80. The van der Waals surface area contributed by atoms with Crippen LogP contribution in [0.1, 0.15) is 12.8 Å². The zero-order valence-corrected chi connectivity index (χ0v) is 12.0. The van der Waals surface area contributed by atoms with Gasteiger partial charge >= 0.3 is 0 Å². The first-order valence-corrected chi connectivity index (χ1v) is 7.22. The number of piperidine rings is 1. The van der Waals surface area contributed by atoms with Gasteiger partial charge in [-0.25, -0.2) is 4.99 Å². The molecule has 100 valence electrons. The Bertz CT molecular complexity index is 511. The molecule has 5 nitrogen and oxygen atoms in total. The molecule has 2 aliphatic heterocycles. The van der Waals surface area contributed by atoms with Gasteiger partial charge in [0.2, 0.25) is 11.9 Å². The molecule has 3 rings (SSSR count). The number of nitrogens with one attached hydrogen (secondary N) is 2. The first-order valence-electron chi connectivity index (χ1n) is 6.42. The first-order chi connectivity index (χ1) is 9.20. The number of allylic oxidation sites excluding steroid dienone is 3. The zero-order valence-electron chi connectivity index (χ0n) is 10.4. The molecule has 1 fully saturated rings. The molecule has 2 N–H and O–H groups in total. The Morgan fingerprint density at radius 2 is 2.32 bits per heavy atom. The fourth-order valence-electron chi connectivity index (χ4n) is 2.35. The molecule has 0 bridgehead atoms. The average molecular weight is 323 g/mol. The van der Waals surface area contributed by atoms with Crippen LogP contribution in [0.15, 0.2) is 32.7 Å². The van der Waals surface area contributed by atoms with Gasteiger partial charge < -0.3 is 10.6 Å². The van der Waals surface area contributed by atoms with E-state index in [0.717, 1.165) is 23.2 Å². The molecule has 0 spiro atoms. The number of guanidine groups is 1. The molecular weight excluding hydrogens is 308 g/mol. The first kappa shape index (κ1) is 12.6. The second kappa shape index (κ2) is 5.28. The van der Waals surface area contributed by atoms with Crippen LogP contribution in [0.3, 0.4) is 0 Å². The predicted molar refractivity (Wildman–Crippen MR) is 78.5 cm³/mol. The third-order valence-corrected chi connectivity index (χ3v) is 3.95. The fraction of sp³-hybridized carbons (Fsp3) is 0.462. The van der Waals surface area contributed by atoms with Crippen molar-refractivity contribution in [1.29, 1.82) is 0 Å². The van der Waals surface area contributed by atoms with Gasteiger partial charge in [-0.3, -0.25) is 9.79 Å². The van der Waals surface area contributed by atoms with Crippen LogP contribution >= 0.6 is 15.9 Å². The molecule has 1 unspecified atom stereocenters. The van der Waals surface area contributed by atoms with Crippen LogP contribution in [0.25, 0.3) is 0 Å². The van der Waals surface area contributed by atoms with Crippen LogP contribution in [-0.2, 0) is 4.79 Å². The summed E-state index contributed by atoms with van der Waals surface area (Å²) in [5, 5.41) is 6.15. The van der Waals surface area contributed by atoms with Crippen LogP contribution in [0, 0.1) is 5.92 Å². The molecule has 1 aliphatic carbocycles. The van der Waals surface area contributed by atoms with Crippen LogP contribution < -0.4 is 10.6 Å². The lowest BCUT2D eigenvalue weighted by molar-refractivity contribution is -0.122. The summed E-state index contributed by atoms with van der Waals surface area (Å²) in [6.45, 7) is 1.37. The Morgan fingerprint density at radius 1 is 1.42 bits per heavy atom. The third-order valence-electron chi connectivity index (χ3n) is 3.43. The van der Waals surface area contributed by atoms with Crippen molar-refractivity contribution < 1.29 is 4.79 Å². The summed E-state index contributed by atoms with van der Waals surface area (Å²) in [4.78, 5) is 20.1. The summed E-state index contributed by atoms with van der Waals surface area (Å²) < 4.78 is 1.08. The Hall–Kier alpha value is -1.43. The molecule has 0 radical (unpaired) electrons. The minimum absolute atomic E-state index is 0.125.